The number of ether oxygens (including phenoxy) is 1. The van der Waals surface area contributed by atoms with E-state index < -0.39 is 0 Å². The molecule has 0 unspecified atom stereocenters. The van der Waals surface area contributed by atoms with Gasteiger partial charge in [0.05, 0.1) is 7.11 Å². The Bertz CT molecular complexity index is 809. The first-order valence-electron chi connectivity index (χ1n) is 8.49. The molecule has 0 saturated heterocycles. The van der Waals surface area contributed by atoms with Crippen LogP contribution in [-0.2, 0) is 17.8 Å². The summed E-state index contributed by atoms with van der Waals surface area (Å²) in [5, 5.41) is 2.88. The zero-order valence-corrected chi connectivity index (χ0v) is 15.4. The van der Waals surface area contributed by atoms with Gasteiger partial charge in [0.2, 0.25) is 5.91 Å². The van der Waals surface area contributed by atoms with E-state index in [0.717, 1.165) is 5.69 Å². The zero-order valence-electron chi connectivity index (χ0n) is 15.4. The van der Waals surface area contributed by atoms with Gasteiger partial charge in [-0.2, -0.15) is 0 Å². The van der Waals surface area contributed by atoms with Gasteiger partial charge in [0, 0.05) is 31.3 Å². The van der Waals surface area contributed by atoms with E-state index in [-0.39, 0.29) is 11.5 Å². The van der Waals surface area contributed by atoms with Gasteiger partial charge < -0.3 is 14.6 Å². The van der Waals surface area contributed by atoms with Gasteiger partial charge in [-0.1, -0.05) is 18.2 Å². The Morgan fingerprint density at radius 1 is 1.12 bits per heavy atom. The molecule has 0 aliphatic heterocycles. The highest BCUT2D eigenvalue weighted by molar-refractivity contribution is 5.76. The highest BCUT2D eigenvalue weighted by Crippen LogP contribution is 2.11. The van der Waals surface area contributed by atoms with E-state index >= 15 is 0 Å². The topological polar surface area (TPSA) is 60.3 Å². The van der Waals surface area contributed by atoms with E-state index in [4.69, 9.17) is 4.74 Å². The van der Waals surface area contributed by atoms with Gasteiger partial charge in [-0.25, -0.2) is 0 Å². The Kier molecular flexibility index (Phi) is 6.39. The lowest BCUT2D eigenvalue weighted by molar-refractivity contribution is -0.121. The van der Waals surface area contributed by atoms with Crippen LogP contribution in [0.25, 0.3) is 0 Å². The number of amides is 1. The van der Waals surface area contributed by atoms with Crippen molar-refractivity contribution in [1.82, 2.24) is 9.88 Å². The molecule has 0 spiro atoms. The highest BCUT2D eigenvalue weighted by atomic mass is 16.5. The summed E-state index contributed by atoms with van der Waals surface area (Å²) < 4.78 is 6.71. The minimum atomic E-state index is -0.124. The fraction of sp³-hybridized carbons (Fsp3) is 0.400. The largest absolute Gasteiger partial charge is 0.496 e. The third kappa shape index (κ3) is 5.21. The van der Waals surface area contributed by atoms with E-state index in [2.05, 4.69) is 37.4 Å². The van der Waals surface area contributed by atoms with Gasteiger partial charge in [0.15, 0.2) is 0 Å². The number of rotatable bonds is 7. The highest BCUT2D eigenvalue weighted by Gasteiger charge is 2.06. The molecule has 1 N–H and O–H groups in total. The molecule has 0 radical (unpaired) electrons. The molecule has 2 aromatic rings. The molecule has 0 fully saturated rings. The molecule has 25 heavy (non-hydrogen) atoms. The van der Waals surface area contributed by atoms with Crippen LogP contribution in [0.2, 0.25) is 0 Å². The number of pyridine rings is 1. The van der Waals surface area contributed by atoms with Gasteiger partial charge in [-0.05, 0) is 49.9 Å². The van der Waals surface area contributed by atoms with Gasteiger partial charge >= 0.3 is 0 Å². The Morgan fingerprint density at radius 3 is 2.52 bits per heavy atom. The number of nitrogens with one attached hydrogen (secondary N) is 1. The predicted octanol–water partition coefficient (Wildman–Crippen LogP) is 2.53. The van der Waals surface area contributed by atoms with Crippen LogP contribution in [-0.4, -0.2) is 24.1 Å². The lowest BCUT2D eigenvalue weighted by Gasteiger charge is -2.12. The smallest absolute Gasteiger partial charge is 0.254 e. The molecule has 1 amide bonds. The normalized spacial score (nSPS) is 10.6. The average molecular weight is 342 g/mol. The number of methoxy groups -OCH3 is 1. The second kappa shape index (κ2) is 8.51. The monoisotopic (exact) mass is 342 g/mol. The Morgan fingerprint density at radius 2 is 1.88 bits per heavy atom. The van der Waals surface area contributed by atoms with Crippen molar-refractivity contribution in [3.05, 3.63) is 63.1 Å². The van der Waals surface area contributed by atoms with Crippen LogP contribution >= 0.6 is 0 Å². The molecule has 0 aliphatic carbocycles. The molecule has 5 heteroatoms. The molecular weight excluding hydrogens is 316 g/mol. The first-order chi connectivity index (χ1) is 11.9. The minimum Gasteiger partial charge on any atom is -0.496 e. The van der Waals surface area contributed by atoms with Crippen LogP contribution in [0.4, 0.5) is 0 Å². The van der Waals surface area contributed by atoms with Crippen LogP contribution in [0.5, 0.6) is 5.75 Å². The van der Waals surface area contributed by atoms with E-state index in [1.54, 1.807) is 4.57 Å². The number of hydrogen-bond donors (Lipinski definition) is 1. The van der Waals surface area contributed by atoms with E-state index in [9.17, 15) is 9.59 Å². The summed E-state index contributed by atoms with van der Waals surface area (Å²) in [4.78, 5) is 24.0. The van der Waals surface area contributed by atoms with Crippen LogP contribution < -0.4 is 15.6 Å². The molecule has 0 aliphatic rings. The minimum absolute atomic E-state index is 0.00237. The maximum atomic E-state index is 12.0. The lowest BCUT2D eigenvalue weighted by Crippen LogP contribution is -2.31. The van der Waals surface area contributed by atoms with Gasteiger partial charge in [-0.15, -0.1) is 0 Å². The van der Waals surface area contributed by atoms with Crippen molar-refractivity contribution >= 4 is 5.91 Å². The fourth-order valence-electron chi connectivity index (χ4n) is 2.72. The number of hydrogen-bond acceptors (Lipinski definition) is 3. The standard InChI is InChI=1S/C20H26N2O3/c1-14-5-6-17(11-15(14)2)7-8-19(23)21-9-10-22-16(3)12-18(25-4)13-20(22)24/h5-6,11-13H,7-10H2,1-4H3,(H,21,23). The number of nitrogens with zero attached hydrogens (tertiary/aromatic N) is 1. The van der Waals surface area contributed by atoms with Crippen molar-refractivity contribution in [2.24, 2.45) is 0 Å². The van der Waals surface area contributed by atoms with Crippen molar-refractivity contribution in [3.8, 4) is 5.75 Å². The summed E-state index contributed by atoms with van der Waals surface area (Å²) in [5.41, 5.74) is 4.36. The maximum absolute atomic E-state index is 12.0. The van der Waals surface area contributed by atoms with Crippen molar-refractivity contribution < 1.29 is 9.53 Å². The summed E-state index contributed by atoms with van der Waals surface area (Å²) in [6.07, 6.45) is 1.16. The molecule has 1 heterocycles. The SMILES string of the molecule is COc1cc(C)n(CCNC(=O)CCc2ccc(C)c(C)c2)c(=O)c1. The molecule has 0 atom stereocenters. The molecular formula is C20H26N2O3. The Hall–Kier alpha value is -2.56. The molecule has 134 valence electrons. The van der Waals surface area contributed by atoms with E-state index in [1.165, 1.54) is 29.9 Å². The van der Waals surface area contributed by atoms with Gasteiger partial charge in [-0.3, -0.25) is 9.59 Å². The van der Waals surface area contributed by atoms with Crippen LogP contribution in [0, 0.1) is 20.8 Å². The molecule has 1 aromatic heterocycles. The first kappa shape index (κ1) is 18.8. The summed E-state index contributed by atoms with van der Waals surface area (Å²) in [5.74, 6) is 0.550. The van der Waals surface area contributed by atoms with Crippen LogP contribution in [0.3, 0.4) is 0 Å². The number of aryl methyl sites for hydroxylation is 4. The second-order valence-corrected chi connectivity index (χ2v) is 6.29. The molecule has 1 aromatic carbocycles. The van der Waals surface area contributed by atoms with E-state index in [1.807, 2.05) is 13.0 Å². The Labute approximate surface area is 148 Å². The van der Waals surface area contributed by atoms with E-state index in [0.29, 0.717) is 31.7 Å². The van der Waals surface area contributed by atoms with Crippen molar-refractivity contribution in [3.63, 3.8) is 0 Å². The summed E-state index contributed by atoms with van der Waals surface area (Å²) in [7, 11) is 1.54. The number of benzene rings is 1. The van der Waals surface area contributed by atoms with Crippen molar-refractivity contribution in [1.29, 1.82) is 0 Å². The number of carbonyl (C=O) groups excluding carboxylic acids is 1. The van der Waals surface area contributed by atoms with Gasteiger partial charge in [0.1, 0.15) is 5.75 Å². The molecule has 0 saturated carbocycles. The summed E-state index contributed by atoms with van der Waals surface area (Å²) in [6, 6.07) is 9.54. The predicted molar refractivity (Wildman–Crippen MR) is 99.2 cm³/mol. The van der Waals surface area contributed by atoms with Crippen LogP contribution in [0.15, 0.2) is 35.1 Å². The fourth-order valence-corrected chi connectivity index (χ4v) is 2.72. The number of carbonyl (C=O) groups is 1. The summed E-state index contributed by atoms with van der Waals surface area (Å²) in [6.45, 7) is 6.89. The zero-order chi connectivity index (χ0) is 18.4. The first-order valence-corrected chi connectivity index (χ1v) is 8.49. The average Bonchev–Trinajstić information content (AvgIpc) is 2.58. The maximum Gasteiger partial charge on any atom is 0.254 e. The quantitative estimate of drug-likeness (QED) is 0.841. The number of aromatic nitrogens is 1. The van der Waals surface area contributed by atoms with Crippen molar-refractivity contribution in [2.45, 2.75) is 40.2 Å². The third-order valence-electron chi connectivity index (χ3n) is 4.41. The molecule has 5 nitrogen and oxygen atoms in total. The van der Waals surface area contributed by atoms with Crippen LogP contribution in [0.1, 0.15) is 28.8 Å². The molecule has 2 rings (SSSR count). The van der Waals surface area contributed by atoms with Crippen molar-refractivity contribution in [2.75, 3.05) is 13.7 Å². The second-order valence-electron chi connectivity index (χ2n) is 6.29. The Balaban J connectivity index is 1.82. The summed E-state index contributed by atoms with van der Waals surface area (Å²) >= 11 is 0. The van der Waals surface area contributed by atoms with Gasteiger partial charge in [0.25, 0.3) is 5.56 Å². The lowest BCUT2D eigenvalue weighted by atomic mass is 10.0. The molecule has 0 bridgehead atoms. The third-order valence-corrected chi connectivity index (χ3v) is 4.41.